The molecule has 108 valence electrons. The Balaban J connectivity index is 2.85. The van der Waals surface area contributed by atoms with Crippen LogP contribution >= 0.6 is 0 Å². The van der Waals surface area contributed by atoms with Gasteiger partial charge in [0.1, 0.15) is 5.75 Å². The van der Waals surface area contributed by atoms with Gasteiger partial charge in [-0.05, 0) is 43.0 Å². The molecule has 0 fully saturated rings. The molecule has 0 radical (unpaired) electrons. The Hall–Kier alpha value is -1.02. The summed E-state index contributed by atoms with van der Waals surface area (Å²) >= 11 is 0. The van der Waals surface area contributed by atoms with E-state index in [4.69, 9.17) is 4.74 Å². The highest BCUT2D eigenvalue weighted by Crippen LogP contribution is 2.28. The molecular weight excluding hydrogens is 234 g/mol. The second kappa shape index (κ2) is 8.21. The van der Waals surface area contributed by atoms with Crippen LogP contribution in [0, 0.1) is 12.8 Å². The summed E-state index contributed by atoms with van der Waals surface area (Å²) in [5.41, 5.74) is 2.54. The Morgan fingerprint density at radius 3 is 2.58 bits per heavy atom. The van der Waals surface area contributed by atoms with Crippen LogP contribution < -0.4 is 10.1 Å². The fourth-order valence-corrected chi connectivity index (χ4v) is 2.65. The molecule has 2 unspecified atom stereocenters. The van der Waals surface area contributed by atoms with E-state index in [0.717, 1.165) is 18.2 Å². The number of hydrogen-bond donors (Lipinski definition) is 1. The second-order valence-corrected chi connectivity index (χ2v) is 5.47. The highest BCUT2D eigenvalue weighted by Gasteiger charge is 2.15. The van der Waals surface area contributed by atoms with Gasteiger partial charge in [0.25, 0.3) is 0 Å². The van der Waals surface area contributed by atoms with E-state index in [-0.39, 0.29) is 0 Å². The van der Waals surface area contributed by atoms with Gasteiger partial charge in [0.15, 0.2) is 0 Å². The number of ether oxygens (including phenoxy) is 1. The lowest BCUT2D eigenvalue weighted by Crippen LogP contribution is -2.23. The summed E-state index contributed by atoms with van der Waals surface area (Å²) < 4.78 is 5.44. The van der Waals surface area contributed by atoms with Crippen LogP contribution in [0.25, 0.3) is 0 Å². The summed E-state index contributed by atoms with van der Waals surface area (Å²) in [4.78, 5) is 0. The van der Waals surface area contributed by atoms with Crippen LogP contribution in [-0.4, -0.2) is 13.7 Å². The molecule has 0 heterocycles. The smallest absolute Gasteiger partial charge is 0.122 e. The molecule has 1 rings (SSSR count). The highest BCUT2D eigenvalue weighted by molar-refractivity contribution is 5.37. The standard InChI is InChI=1S/C17H29NO/c1-6-8-13(3)11-16(18-7-2)15-10-9-14(4)17(12-15)19-5/h9-10,12-13,16,18H,6-8,11H2,1-5H3. The molecule has 1 aromatic carbocycles. The van der Waals surface area contributed by atoms with Gasteiger partial charge >= 0.3 is 0 Å². The molecule has 0 aromatic heterocycles. The van der Waals surface area contributed by atoms with Gasteiger partial charge in [0, 0.05) is 6.04 Å². The van der Waals surface area contributed by atoms with Crippen molar-refractivity contribution in [3.05, 3.63) is 29.3 Å². The zero-order valence-corrected chi connectivity index (χ0v) is 13.1. The van der Waals surface area contributed by atoms with Crippen molar-refractivity contribution in [1.82, 2.24) is 5.32 Å². The molecule has 0 aliphatic carbocycles. The average molecular weight is 263 g/mol. The van der Waals surface area contributed by atoms with Crippen molar-refractivity contribution in [2.24, 2.45) is 5.92 Å². The third-order valence-corrected chi connectivity index (χ3v) is 3.70. The number of rotatable bonds is 8. The lowest BCUT2D eigenvalue weighted by atomic mass is 9.92. The maximum atomic E-state index is 5.44. The molecule has 2 heteroatoms. The van der Waals surface area contributed by atoms with E-state index in [2.05, 4.69) is 51.2 Å². The summed E-state index contributed by atoms with van der Waals surface area (Å²) in [5.74, 6) is 1.74. The van der Waals surface area contributed by atoms with E-state index in [1.807, 2.05) is 0 Å². The normalized spacial score (nSPS) is 14.2. The van der Waals surface area contributed by atoms with Crippen LogP contribution in [0.3, 0.4) is 0 Å². The maximum absolute atomic E-state index is 5.44. The zero-order chi connectivity index (χ0) is 14.3. The molecule has 0 aliphatic rings. The Morgan fingerprint density at radius 2 is 2.00 bits per heavy atom. The van der Waals surface area contributed by atoms with Gasteiger partial charge in [0.2, 0.25) is 0 Å². The highest BCUT2D eigenvalue weighted by atomic mass is 16.5. The molecule has 2 atom stereocenters. The molecular formula is C17H29NO. The number of benzene rings is 1. The molecule has 0 saturated heterocycles. The minimum absolute atomic E-state index is 0.432. The summed E-state index contributed by atoms with van der Waals surface area (Å²) in [6.45, 7) is 9.86. The first-order valence-corrected chi connectivity index (χ1v) is 7.50. The fourth-order valence-electron chi connectivity index (χ4n) is 2.65. The lowest BCUT2D eigenvalue weighted by Gasteiger charge is -2.23. The molecule has 19 heavy (non-hydrogen) atoms. The first-order valence-electron chi connectivity index (χ1n) is 7.50. The minimum atomic E-state index is 0.432. The maximum Gasteiger partial charge on any atom is 0.122 e. The van der Waals surface area contributed by atoms with Gasteiger partial charge in [-0.3, -0.25) is 0 Å². The second-order valence-electron chi connectivity index (χ2n) is 5.47. The third kappa shape index (κ3) is 4.87. The number of nitrogens with one attached hydrogen (secondary N) is 1. The number of hydrogen-bond acceptors (Lipinski definition) is 2. The van der Waals surface area contributed by atoms with Crippen molar-refractivity contribution in [3.8, 4) is 5.75 Å². The third-order valence-electron chi connectivity index (χ3n) is 3.70. The quantitative estimate of drug-likeness (QED) is 0.746. The largest absolute Gasteiger partial charge is 0.496 e. The van der Waals surface area contributed by atoms with Crippen LogP contribution in [0.15, 0.2) is 18.2 Å². The fraction of sp³-hybridized carbons (Fsp3) is 0.647. The monoisotopic (exact) mass is 263 g/mol. The van der Waals surface area contributed by atoms with Crippen LogP contribution in [0.5, 0.6) is 5.75 Å². The van der Waals surface area contributed by atoms with Gasteiger partial charge in [-0.25, -0.2) is 0 Å². The Labute approximate surface area is 118 Å². The Bertz CT molecular complexity index is 376. The van der Waals surface area contributed by atoms with Crippen molar-refractivity contribution < 1.29 is 4.74 Å². The zero-order valence-electron chi connectivity index (χ0n) is 13.1. The molecule has 0 saturated carbocycles. The first kappa shape index (κ1) is 16.0. The van der Waals surface area contributed by atoms with E-state index in [9.17, 15) is 0 Å². The average Bonchev–Trinajstić information content (AvgIpc) is 2.39. The lowest BCUT2D eigenvalue weighted by molar-refractivity contribution is 0.389. The molecule has 0 bridgehead atoms. The van der Waals surface area contributed by atoms with Crippen molar-refractivity contribution in [1.29, 1.82) is 0 Å². The summed E-state index contributed by atoms with van der Waals surface area (Å²) in [7, 11) is 1.74. The van der Waals surface area contributed by atoms with Crippen LogP contribution in [-0.2, 0) is 0 Å². The molecule has 0 amide bonds. The molecule has 1 aromatic rings. The van der Waals surface area contributed by atoms with Gasteiger partial charge in [-0.2, -0.15) is 0 Å². The van der Waals surface area contributed by atoms with Crippen molar-refractivity contribution in [3.63, 3.8) is 0 Å². The Morgan fingerprint density at radius 1 is 1.26 bits per heavy atom. The van der Waals surface area contributed by atoms with Crippen LogP contribution in [0.4, 0.5) is 0 Å². The first-order chi connectivity index (χ1) is 9.12. The topological polar surface area (TPSA) is 21.3 Å². The Kier molecular flexibility index (Phi) is 6.93. The number of methoxy groups -OCH3 is 1. The van der Waals surface area contributed by atoms with Crippen molar-refractivity contribution >= 4 is 0 Å². The van der Waals surface area contributed by atoms with E-state index >= 15 is 0 Å². The number of aryl methyl sites for hydroxylation is 1. The van der Waals surface area contributed by atoms with Gasteiger partial charge < -0.3 is 10.1 Å². The summed E-state index contributed by atoms with van der Waals surface area (Å²) in [6, 6.07) is 7.00. The van der Waals surface area contributed by atoms with Gasteiger partial charge in [0.05, 0.1) is 7.11 Å². The van der Waals surface area contributed by atoms with Gasteiger partial charge in [-0.15, -0.1) is 0 Å². The molecule has 0 spiro atoms. The predicted molar refractivity (Wildman–Crippen MR) is 82.8 cm³/mol. The van der Waals surface area contributed by atoms with E-state index in [1.54, 1.807) is 7.11 Å². The van der Waals surface area contributed by atoms with Crippen molar-refractivity contribution in [2.75, 3.05) is 13.7 Å². The van der Waals surface area contributed by atoms with Crippen LogP contribution in [0.2, 0.25) is 0 Å². The SMILES string of the molecule is CCCC(C)CC(NCC)c1ccc(C)c(OC)c1. The molecule has 1 N–H and O–H groups in total. The van der Waals surface area contributed by atoms with E-state index in [1.165, 1.54) is 30.4 Å². The van der Waals surface area contributed by atoms with Gasteiger partial charge in [-0.1, -0.05) is 45.7 Å². The minimum Gasteiger partial charge on any atom is -0.496 e. The molecule has 2 nitrogen and oxygen atoms in total. The van der Waals surface area contributed by atoms with E-state index < -0.39 is 0 Å². The summed E-state index contributed by atoms with van der Waals surface area (Å²) in [5, 5.41) is 3.60. The van der Waals surface area contributed by atoms with E-state index in [0.29, 0.717) is 6.04 Å². The van der Waals surface area contributed by atoms with Crippen LogP contribution in [0.1, 0.15) is 57.2 Å². The molecule has 0 aliphatic heterocycles. The van der Waals surface area contributed by atoms with Crippen molar-refractivity contribution in [2.45, 2.75) is 53.0 Å². The summed E-state index contributed by atoms with van der Waals surface area (Å²) in [6.07, 6.45) is 3.75. The predicted octanol–water partition coefficient (Wildman–Crippen LogP) is 4.48.